The summed E-state index contributed by atoms with van der Waals surface area (Å²) in [5.41, 5.74) is 0.845. The highest BCUT2D eigenvalue weighted by Crippen LogP contribution is 2.02. The lowest BCUT2D eigenvalue weighted by atomic mass is 10.1. The monoisotopic (exact) mass is 182 g/mol. The first-order chi connectivity index (χ1) is 6.13. The van der Waals surface area contributed by atoms with Crippen LogP contribution in [0.5, 0.6) is 0 Å². The molecule has 13 heavy (non-hydrogen) atoms. The zero-order chi connectivity index (χ0) is 10.7. The number of allylic oxidation sites excluding steroid dienone is 3. The third kappa shape index (κ3) is 11.2. The van der Waals surface area contributed by atoms with Crippen molar-refractivity contribution >= 4 is 0 Å². The first-order valence-electron chi connectivity index (χ1n) is 4.77. The molecule has 0 radical (unpaired) electrons. The van der Waals surface area contributed by atoms with Gasteiger partial charge in [-0.25, -0.2) is 0 Å². The van der Waals surface area contributed by atoms with Crippen LogP contribution in [0.15, 0.2) is 36.5 Å². The second-order valence-corrected chi connectivity index (χ2v) is 2.78. The highest BCUT2D eigenvalue weighted by atomic mass is 16.3. The van der Waals surface area contributed by atoms with Crippen LogP contribution < -0.4 is 0 Å². The van der Waals surface area contributed by atoms with Gasteiger partial charge in [0.15, 0.2) is 0 Å². The molecule has 0 aromatic heterocycles. The maximum absolute atomic E-state index is 9.07. The lowest BCUT2D eigenvalue weighted by molar-refractivity contribution is 0.235. The molecule has 0 aliphatic rings. The van der Waals surface area contributed by atoms with E-state index in [-0.39, 0.29) is 0 Å². The molecule has 0 aliphatic heterocycles. The summed E-state index contributed by atoms with van der Waals surface area (Å²) >= 11 is 0. The average Bonchev–Trinajstić information content (AvgIpc) is 2.06. The molecule has 0 saturated heterocycles. The fourth-order valence-electron chi connectivity index (χ4n) is 0.585. The number of rotatable bonds is 3. The Kier molecular flexibility index (Phi) is 12.6. The van der Waals surface area contributed by atoms with Crippen molar-refractivity contribution in [2.24, 2.45) is 0 Å². The van der Waals surface area contributed by atoms with Crippen LogP contribution in [0.1, 0.15) is 34.1 Å². The fourth-order valence-corrected chi connectivity index (χ4v) is 0.585. The quantitative estimate of drug-likeness (QED) is 0.663. The largest absolute Gasteiger partial charge is 0.389 e. The molecule has 0 aliphatic carbocycles. The Morgan fingerprint density at radius 3 is 2.15 bits per heavy atom. The van der Waals surface area contributed by atoms with Crippen molar-refractivity contribution in [3.8, 4) is 0 Å². The van der Waals surface area contributed by atoms with Gasteiger partial charge in [0.1, 0.15) is 0 Å². The molecule has 0 rings (SSSR count). The van der Waals surface area contributed by atoms with Crippen LogP contribution in [0, 0.1) is 0 Å². The van der Waals surface area contributed by atoms with Crippen LogP contribution in [0.4, 0.5) is 0 Å². The molecule has 0 bridgehead atoms. The lowest BCUT2D eigenvalue weighted by Crippen LogP contribution is -2.00. The Labute approximate surface area is 82.5 Å². The topological polar surface area (TPSA) is 20.2 Å². The zero-order valence-electron chi connectivity index (χ0n) is 9.25. The van der Waals surface area contributed by atoms with E-state index in [1.54, 1.807) is 13.0 Å². The van der Waals surface area contributed by atoms with Gasteiger partial charge in [-0.2, -0.15) is 0 Å². The van der Waals surface area contributed by atoms with Crippen LogP contribution in [0.25, 0.3) is 0 Å². The van der Waals surface area contributed by atoms with Crippen molar-refractivity contribution in [2.75, 3.05) is 0 Å². The van der Waals surface area contributed by atoms with Crippen molar-refractivity contribution in [1.29, 1.82) is 0 Å². The van der Waals surface area contributed by atoms with E-state index in [1.165, 1.54) is 6.42 Å². The Morgan fingerprint density at radius 2 is 1.92 bits per heavy atom. The zero-order valence-corrected chi connectivity index (χ0v) is 9.25. The summed E-state index contributed by atoms with van der Waals surface area (Å²) in [7, 11) is 0. The van der Waals surface area contributed by atoms with Crippen LogP contribution in [-0.4, -0.2) is 11.2 Å². The van der Waals surface area contributed by atoms with E-state index in [9.17, 15) is 0 Å². The number of aliphatic hydroxyl groups excluding tert-OH is 1. The van der Waals surface area contributed by atoms with Crippen molar-refractivity contribution < 1.29 is 5.11 Å². The molecular formula is C12H22O. The smallest absolute Gasteiger partial charge is 0.0761 e. The van der Waals surface area contributed by atoms with E-state index in [4.69, 9.17) is 5.11 Å². The summed E-state index contributed by atoms with van der Waals surface area (Å²) in [5.74, 6) is 0. The average molecular weight is 182 g/mol. The molecule has 0 aromatic rings. The van der Waals surface area contributed by atoms with E-state index in [0.717, 1.165) is 5.57 Å². The van der Waals surface area contributed by atoms with Gasteiger partial charge in [0.05, 0.1) is 6.10 Å². The molecule has 1 nitrogen and oxygen atoms in total. The minimum atomic E-state index is -0.423. The predicted octanol–water partition coefficient (Wildman–Crippen LogP) is 3.47. The molecule has 1 atom stereocenters. The Bertz CT molecular complexity index is 164. The minimum absolute atomic E-state index is 0.423. The van der Waals surface area contributed by atoms with Gasteiger partial charge >= 0.3 is 0 Å². The molecular weight excluding hydrogens is 160 g/mol. The third-order valence-electron chi connectivity index (χ3n) is 1.20. The molecule has 0 amide bonds. The summed E-state index contributed by atoms with van der Waals surface area (Å²) < 4.78 is 0. The number of hydrogen-bond donors (Lipinski definition) is 1. The molecule has 0 fully saturated rings. The van der Waals surface area contributed by atoms with Gasteiger partial charge in [-0.15, -0.1) is 0 Å². The van der Waals surface area contributed by atoms with Gasteiger partial charge in [0, 0.05) is 0 Å². The highest BCUT2D eigenvalue weighted by Gasteiger charge is 1.96. The Morgan fingerprint density at radius 1 is 1.46 bits per heavy atom. The molecule has 1 heteroatoms. The van der Waals surface area contributed by atoms with E-state index in [0.29, 0.717) is 0 Å². The molecule has 76 valence electrons. The van der Waals surface area contributed by atoms with Gasteiger partial charge in [-0.3, -0.25) is 0 Å². The van der Waals surface area contributed by atoms with Crippen molar-refractivity contribution in [3.63, 3.8) is 0 Å². The molecule has 1 unspecified atom stereocenters. The van der Waals surface area contributed by atoms with Gasteiger partial charge in [0.25, 0.3) is 0 Å². The van der Waals surface area contributed by atoms with Gasteiger partial charge in [-0.1, -0.05) is 51.2 Å². The SMILES string of the molecule is C=C/C(=C\C=C\C)C(C)O.CCC. The first-order valence-corrected chi connectivity index (χ1v) is 4.77. The second kappa shape index (κ2) is 11.2. The van der Waals surface area contributed by atoms with Crippen LogP contribution in [0.2, 0.25) is 0 Å². The van der Waals surface area contributed by atoms with Crippen LogP contribution in [0.3, 0.4) is 0 Å². The Hall–Kier alpha value is -0.820. The van der Waals surface area contributed by atoms with E-state index >= 15 is 0 Å². The normalized spacial score (nSPS) is 13.5. The maximum atomic E-state index is 9.07. The summed E-state index contributed by atoms with van der Waals surface area (Å²) in [6.45, 7) is 11.5. The lowest BCUT2D eigenvalue weighted by Gasteiger charge is -2.01. The standard InChI is InChI=1S/C9H14O.C3H8/c1-4-6-7-9(5-2)8(3)10;1-3-2/h4-8,10H,2H2,1,3H3;3H2,1-2H3/b6-4+,9-7+;. The molecule has 0 heterocycles. The summed E-state index contributed by atoms with van der Waals surface area (Å²) in [6.07, 6.45) is 8.12. The van der Waals surface area contributed by atoms with Crippen molar-refractivity contribution in [3.05, 3.63) is 36.5 Å². The van der Waals surface area contributed by atoms with Crippen molar-refractivity contribution in [2.45, 2.75) is 40.2 Å². The summed E-state index contributed by atoms with van der Waals surface area (Å²) in [6, 6.07) is 0. The second-order valence-electron chi connectivity index (χ2n) is 2.78. The van der Waals surface area contributed by atoms with Crippen molar-refractivity contribution in [1.82, 2.24) is 0 Å². The maximum Gasteiger partial charge on any atom is 0.0761 e. The molecule has 0 saturated carbocycles. The molecule has 0 spiro atoms. The van der Waals surface area contributed by atoms with E-state index in [1.807, 2.05) is 25.2 Å². The molecule has 1 N–H and O–H groups in total. The van der Waals surface area contributed by atoms with E-state index in [2.05, 4.69) is 20.4 Å². The van der Waals surface area contributed by atoms with E-state index < -0.39 is 6.10 Å². The third-order valence-corrected chi connectivity index (χ3v) is 1.20. The highest BCUT2D eigenvalue weighted by molar-refractivity contribution is 5.24. The minimum Gasteiger partial charge on any atom is -0.389 e. The molecule has 0 aromatic carbocycles. The van der Waals surface area contributed by atoms with Gasteiger partial charge < -0.3 is 5.11 Å². The summed E-state index contributed by atoms with van der Waals surface area (Å²) in [5, 5.41) is 9.07. The summed E-state index contributed by atoms with van der Waals surface area (Å²) in [4.78, 5) is 0. The number of hydrogen-bond acceptors (Lipinski definition) is 1. The Balaban J connectivity index is 0. The fraction of sp³-hybridized carbons (Fsp3) is 0.500. The number of aliphatic hydroxyl groups is 1. The van der Waals surface area contributed by atoms with Gasteiger partial charge in [0.2, 0.25) is 0 Å². The first kappa shape index (κ1) is 14.7. The van der Waals surface area contributed by atoms with Crippen LogP contribution in [-0.2, 0) is 0 Å². The van der Waals surface area contributed by atoms with Crippen LogP contribution >= 0.6 is 0 Å². The van der Waals surface area contributed by atoms with Gasteiger partial charge in [-0.05, 0) is 19.4 Å². The predicted molar refractivity (Wildman–Crippen MR) is 60.7 cm³/mol.